The molecule has 0 aromatic rings. The standard InChI is InChI=1S/C7H14ClNO3/c1-5(2)11-4-3-6(8)12-7(9)10/h5-6H,3-4H2,1-2H3,(H2,9,10). The van der Waals surface area contributed by atoms with Gasteiger partial charge in [-0.05, 0) is 13.8 Å². The normalized spacial score (nSPS) is 13.0. The first-order valence-electron chi connectivity index (χ1n) is 3.74. The lowest BCUT2D eigenvalue weighted by Crippen LogP contribution is -2.20. The Morgan fingerprint density at radius 3 is 2.58 bits per heavy atom. The van der Waals surface area contributed by atoms with Crippen LogP contribution in [0.15, 0.2) is 0 Å². The van der Waals surface area contributed by atoms with Crippen molar-refractivity contribution >= 4 is 17.7 Å². The number of carbonyl (C=O) groups excluding carboxylic acids is 1. The van der Waals surface area contributed by atoms with Gasteiger partial charge in [0.1, 0.15) is 0 Å². The van der Waals surface area contributed by atoms with Crippen molar-refractivity contribution in [3.05, 3.63) is 0 Å². The average molecular weight is 196 g/mol. The maximum Gasteiger partial charge on any atom is 0.405 e. The van der Waals surface area contributed by atoms with Crippen LogP contribution in [0.25, 0.3) is 0 Å². The Balaban J connectivity index is 3.31. The Morgan fingerprint density at radius 1 is 1.58 bits per heavy atom. The van der Waals surface area contributed by atoms with Crippen LogP contribution in [-0.2, 0) is 9.47 Å². The lowest BCUT2D eigenvalue weighted by molar-refractivity contribution is 0.0568. The van der Waals surface area contributed by atoms with Gasteiger partial charge in [-0.15, -0.1) is 0 Å². The van der Waals surface area contributed by atoms with Gasteiger partial charge < -0.3 is 15.2 Å². The van der Waals surface area contributed by atoms with E-state index in [4.69, 9.17) is 22.1 Å². The van der Waals surface area contributed by atoms with E-state index < -0.39 is 11.7 Å². The smallest absolute Gasteiger partial charge is 0.405 e. The minimum absolute atomic E-state index is 0.155. The molecule has 0 saturated carbocycles. The van der Waals surface area contributed by atoms with Crippen molar-refractivity contribution in [1.29, 1.82) is 0 Å². The van der Waals surface area contributed by atoms with Crippen LogP contribution in [0.1, 0.15) is 20.3 Å². The second-order valence-electron chi connectivity index (χ2n) is 2.56. The van der Waals surface area contributed by atoms with Crippen molar-refractivity contribution < 1.29 is 14.3 Å². The summed E-state index contributed by atoms with van der Waals surface area (Å²) >= 11 is 5.56. The molecule has 0 fully saturated rings. The zero-order chi connectivity index (χ0) is 9.56. The highest BCUT2D eigenvalue weighted by Crippen LogP contribution is 2.04. The van der Waals surface area contributed by atoms with Crippen molar-refractivity contribution in [2.45, 2.75) is 31.9 Å². The molecule has 12 heavy (non-hydrogen) atoms. The van der Waals surface area contributed by atoms with E-state index in [2.05, 4.69) is 4.74 Å². The first-order valence-corrected chi connectivity index (χ1v) is 4.17. The summed E-state index contributed by atoms with van der Waals surface area (Å²) in [6.07, 6.45) is -0.259. The summed E-state index contributed by atoms with van der Waals surface area (Å²) < 4.78 is 9.63. The van der Waals surface area contributed by atoms with E-state index >= 15 is 0 Å². The van der Waals surface area contributed by atoms with Crippen LogP contribution >= 0.6 is 11.6 Å². The Bertz CT molecular complexity index is 141. The van der Waals surface area contributed by atoms with Crippen molar-refractivity contribution in [1.82, 2.24) is 0 Å². The molecule has 0 rings (SSSR count). The number of ether oxygens (including phenoxy) is 2. The largest absolute Gasteiger partial charge is 0.430 e. The summed E-state index contributed by atoms with van der Waals surface area (Å²) in [6, 6.07) is 0. The highest BCUT2D eigenvalue weighted by atomic mass is 35.5. The molecule has 4 nitrogen and oxygen atoms in total. The molecule has 0 saturated heterocycles. The fourth-order valence-electron chi connectivity index (χ4n) is 0.581. The molecule has 0 aliphatic rings. The van der Waals surface area contributed by atoms with Gasteiger partial charge in [-0.3, -0.25) is 0 Å². The molecule has 1 atom stereocenters. The van der Waals surface area contributed by atoms with E-state index in [9.17, 15) is 4.79 Å². The van der Waals surface area contributed by atoms with Crippen LogP contribution in [0.3, 0.4) is 0 Å². The fraction of sp³-hybridized carbons (Fsp3) is 0.857. The average Bonchev–Trinajstić information content (AvgIpc) is 1.84. The molecule has 0 bridgehead atoms. The second kappa shape index (κ2) is 6.08. The third-order valence-electron chi connectivity index (χ3n) is 1.04. The van der Waals surface area contributed by atoms with Crippen LogP contribution in [0.4, 0.5) is 4.79 Å². The lowest BCUT2D eigenvalue weighted by atomic mass is 10.4. The van der Waals surface area contributed by atoms with Gasteiger partial charge in [0.25, 0.3) is 0 Å². The highest BCUT2D eigenvalue weighted by molar-refractivity contribution is 6.20. The maximum absolute atomic E-state index is 10.2. The number of primary amides is 1. The number of alkyl halides is 1. The van der Waals surface area contributed by atoms with Crippen molar-refractivity contribution in [2.24, 2.45) is 5.73 Å². The molecule has 0 aliphatic carbocycles. The molecule has 0 radical (unpaired) electrons. The quantitative estimate of drug-likeness (QED) is 0.676. The van der Waals surface area contributed by atoms with Gasteiger partial charge in [-0.25, -0.2) is 4.79 Å². The monoisotopic (exact) mass is 195 g/mol. The molecule has 72 valence electrons. The van der Waals surface area contributed by atoms with Gasteiger partial charge in [-0.2, -0.15) is 0 Å². The summed E-state index contributed by atoms with van der Waals surface area (Å²) in [5.41, 5.74) is 4.05. The molecule has 0 spiro atoms. The van der Waals surface area contributed by atoms with Crippen molar-refractivity contribution in [3.63, 3.8) is 0 Å². The van der Waals surface area contributed by atoms with Gasteiger partial charge >= 0.3 is 6.09 Å². The summed E-state index contributed by atoms with van der Waals surface area (Å²) in [4.78, 5) is 10.2. The fourth-order valence-corrected chi connectivity index (χ4v) is 0.758. The van der Waals surface area contributed by atoms with Crippen molar-refractivity contribution in [2.75, 3.05) is 6.61 Å². The summed E-state index contributed by atoms with van der Waals surface area (Å²) in [7, 11) is 0. The van der Waals surface area contributed by atoms with Gasteiger partial charge in [0.15, 0.2) is 5.56 Å². The number of nitrogens with two attached hydrogens (primary N) is 1. The van der Waals surface area contributed by atoms with Gasteiger partial charge in [0, 0.05) is 6.42 Å². The number of amides is 1. The minimum Gasteiger partial charge on any atom is -0.430 e. The van der Waals surface area contributed by atoms with Crippen LogP contribution in [0, 0.1) is 0 Å². The number of halogens is 1. The first-order chi connectivity index (χ1) is 5.52. The van der Waals surface area contributed by atoms with E-state index in [1.54, 1.807) is 0 Å². The summed E-state index contributed by atoms with van der Waals surface area (Å²) in [5, 5.41) is 0. The van der Waals surface area contributed by atoms with E-state index in [0.29, 0.717) is 13.0 Å². The predicted molar refractivity (Wildman–Crippen MR) is 46.0 cm³/mol. The van der Waals surface area contributed by atoms with Crippen LogP contribution < -0.4 is 5.73 Å². The maximum atomic E-state index is 10.2. The SMILES string of the molecule is CC(C)OCCC(Cl)OC(N)=O. The van der Waals surface area contributed by atoms with Gasteiger partial charge in [0.05, 0.1) is 12.7 Å². The Labute approximate surface area is 77.0 Å². The van der Waals surface area contributed by atoms with Crippen LogP contribution in [0.5, 0.6) is 0 Å². The Hall–Kier alpha value is -0.480. The molecule has 1 unspecified atom stereocenters. The Morgan fingerprint density at radius 2 is 2.17 bits per heavy atom. The molecule has 5 heteroatoms. The number of hydrogen-bond donors (Lipinski definition) is 1. The molecular weight excluding hydrogens is 182 g/mol. The topological polar surface area (TPSA) is 61.6 Å². The predicted octanol–water partition coefficient (Wildman–Crippen LogP) is 1.46. The van der Waals surface area contributed by atoms with Crippen LogP contribution in [0.2, 0.25) is 0 Å². The molecule has 0 aromatic heterocycles. The molecule has 0 heterocycles. The number of rotatable bonds is 5. The zero-order valence-corrected chi connectivity index (χ0v) is 8.00. The minimum atomic E-state index is -0.862. The zero-order valence-electron chi connectivity index (χ0n) is 7.25. The van der Waals surface area contributed by atoms with Crippen LogP contribution in [-0.4, -0.2) is 24.4 Å². The molecule has 0 aromatic carbocycles. The molecule has 1 amide bonds. The lowest BCUT2D eigenvalue weighted by Gasteiger charge is -2.10. The van der Waals surface area contributed by atoms with E-state index in [1.807, 2.05) is 13.8 Å². The second-order valence-corrected chi connectivity index (χ2v) is 3.04. The Kier molecular flexibility index (Phi) is 5.84. The molecule has 0 aliphatic heterocycles. The van der Waals surface area contributed by atoms with E-state index in [-0.39, 0.29) is 6.10 Å². The van der Waals surface area contributed by atoms with Gasteiger partial charge in [-0.1, -0.05) is 11.6 Å². The number of hydrogen-bond acceptors (Lipinski definition) is 3. The number of carbonyl (C=O) groups is 1. The summed E-state index contributed by atoms with van der Waals surface area (Å²) in [5.74, 6) is 0. The van der Waals surface area contributed by atoms with E-state index in [1.165, 1.54) is 0 Å². The third-order valence-corrected chi connectivity index (χ3v) is 1.35. The van der Waals surface area contributed by atoms with Gasteiger partial charge in [0.2, 0.25) is 0 Å². The molecule has 2 N–H and O–H groups in total. The van der Waals surface area contributed by atoms with Crippen molar-refractivity contribution in [3.8, 4) is 0 Å². The molecular formula is C7H14ClNO3. The first kappa shape index (κ1) is 11.5. The van der Waals surface area contributed by atoms with E-state index in [0.717, 1.165) is 0 Å². The highest BCUT2D eigenvalue weighted by Gasteiger charge is 2.07. The summed E-state index contributed by atoms with van der Waals surface area (Å²) in [6.45, 7) is 4.29. The third kappa shape index (κ3) is 7.63.